The van der Waals surface area contributed by atoms with E-state index in [2.05, 4.69) is 34.3 Å². The van der Waals surface area contributed by atoms with Gasteiger partial charge in [0.25, 0.3) is 31.4 Å². The zero-order chi connectivity index (χ0) is 49.8. The highest BCUT2D eigenvalue weighted by Gasteiger charge is 2.25. The number of benzene rings is 3. The molecule has 3 aromatic carbocycles. The molecule has 5 aromatic rings. The van der Waals surface area contributed by atoms with Crippen molar-refractivity contribution in [3.8, 4) is 35.3 Å². The molecule has 20 heteroatoms. The number of hydrogen-bond donors (Lipinski definition) is 2. The lowest BCUT2D eigenvalue weighted by atomic mass is 10.0. The summed E-state index contributed by atoms with van der Waals surface area (Å²) in [6.45, 7) is 10.8. The van der Waals surface area contributed by atoms with Gasteiger partial charge in [-0.2, -0.15) is 37.6 Å². The standard InChI is InChI=1S/C48H54N8O10S2/c1-7-11-16-33(9-3)29-65-67(61,62)39-22-13-18-35(24-39)51-53-43-31(5)41(27-49)45(57)55(47(43)59)37-20-15-21-38(26-37)56-46(58)42(28-50)32(6)44(48(56)60)54-52-36-19-14-23-40(25-36)68(63,64)66-30-34(10-4)17-12-8-2/h13-15,18-26,33-34,59-60H,7-12,16-17,29-30H2,1-6H3/b53-51+,54-52+. The van der Waals surface area contributed by atoms with E-state index >= 15 is 0 Å². The summed E-state index contributed by atoms with van der Waals surface area (Å²) in [5, 5.41) is 59.9. The smallest absolute Gasteiger partial charge is 0.297 e. The minimum Gasteiger partial charge on any atom is -0.493 e. The van der Waals surface area contributed by atoms with Crippen LogP contribution in [0.4, 0.5) is 22.7 Å². The first-order valence-electron chi connectivity index (χ1n) is 22.2. The van der Waals surface area contributed by atoms with Crippen molar-refractivity contribution in [3.05, 3.63) is 116 Å². The van der Waals surface area contributed by atoms with Crippen molar-refractivity contribution in [2.45, 2.75) is 103 Å². The number of nitriles is 2. The first-order chi connectivity index (χ1) is 32.5. The largest absolute Gasteiger partial charge is 0.493 e. The fourth-order valence-corrected chi connectivity index (χ4v) is 9.23. The van der Waals surface area contributed by atoms with Gasteiger partial charge in [-0.25, -0.2) is 9.13 Å². The minimum atomic E-state index is -4.18. The van der Waals surface area contributed by atoms with E-state index in [1.54, 1.807) is 0 Å². The maximum Gasteiger partial charge on any atom is 0.297 e. The van der Waals surface area contributed by atoms with Crippen LogP contribution in [0.15, 0.2) is 113 Å². The van der Waals surface area contributed by atoms with Crippen LogP contribution in [0.5, 0.6) is 11.8 Å². The van der Waals surface area contributed by atoms with E-state index in [4.69, 9.17) is 8.37 Å². The third-order valence-corrected chi connectivity index (χ3v) is 14.0. The second-order valence-electron chi connectivity index (χ2n) is 16.1. The fraction of sp³-hybridized carbons (Fsp3) is 0.375. The van der Waals surface area contributed by atoms with E-state index < -0.39 is 54.2 Å². The summed E-state index contributed by atoms with van der Waals surface area (Å²) in [6, 6.07) is 19.9. The predicted molar refractivity (Wildman–Crippen MR) is 254 cm³/mol. The van der Waals surface area contributed by atoms with Crippen molar-refractivity contribution < 1.29 is 35.4 Å². The van der Waals surface area contributed by atoms with Crippen molar-refractivity contribution in [2.24, 2.45) is 32.3 Å². The molecule has 0 saturated carbocycles. The molecule has 0 amide bonds. The van der Waals surface area contributed by atoms with Gasteiger partial charge < -0.3 is 10.2 Å². The normalized spacial score (nSPS) is 12.9. The van der Waals surface area contributed by atoms with Crippen LogP contribution in [0.3, 0.4) is 0 Å². The molecule has 2 unspecified atom stereocenters. The molecule has 0 saturated heterocycles. The van der Waals surface area contributed by atoms with Gasteiger partial charge in [-0.1, -0.05) is 84.4 Å². The summed E-state index contributed by atoms with van der Waals surface area (Å²) in [5.74, 6) is -1.44. The number of hydrogen-bond acceptors (Lipinski definition) is 16. The molecule has 2 atom stereocenters. The number of aromatic nitrogens is 2. The number of nitrogens with zero attached hydrogens (tertiary/aromatic N) is 8. The molecule has 358 valence electrons. The molecule has 0 radical (unpaired) electrons. The average Bonchev–Trinajstić information content (AvgIpc) is 3.32. The van der Waals surface area contributed by atoms with Crippen molar-refractivity contribution >= 4 is 43.0 Å². The summed E-state index contributed by atoms with van der Waals surface area (Å²) in [4.78, 5) is 27.3. The zero-order valence-corrected chi connectivity index (χ0v) is 40.3. The predicted octanol–water partition coefficient (Wildman–Crippen LogP) is 10.4. The second-order valence-corrected chi connectivity index (χ2v) is 19.3. The van der Waals surface area contributed by atoms with Gasteiger partial charge >= 0.3 is 0 Å². The van der Waals surface area contributed by atoms with Gasteiger partial charge in [0, 0.05) is 11.1 Å². The number of rotatable bonds is 22. The van der Waals surface area contributed by atoms with E-state index in [1.165, 1.54) is 86.6 Å². The van der Waals surface area contributed by atoms with Gasteiger partial charge in [0.15, 0.2) is 11.4 Å². The second kappa shape index (κ2) is 23.3. The Morgan fingerprint density at radius 2 is 0.985 bits per heavy atom. The maximum atomic E-state index is 13.8. The van der Waals surface area contributed by atoms with E-state index in [-0.39, 0.29) is 80.1 Å². The van der Waals surface area contributed by atoms with Crippen molar-refractivity contribution in [1.29, 1.82) is 10.5 Å². The Labute approximate surface area is 395 Å². The first-order valence-corrected chi connectivity index (χ1v) is 25.0. The highest BCUT2D eigenvalue weighted by Crippen LogP contribution is 2.37. The number of aromatic hydroxyl groups is 2. The maximum absolute atomic E-state index is 13.8. The zero-order valence-electron chi connectivity index (χ0n) is 38.7. The van der Waals surface area contributed by atoms with E-state index in [0.717, 1.165) is 60.5 Å². The van der Waals surface area contributed by atoms with Crippen LogP contribution in [0.1, 0.15) is 101 Å². The molecule has 0 bridgehead atoms. The van der Waals surface area contributed by atoms with Crippen molar-refractivity contribution in [2.75, 3.05) is 13.2 Å². The van der Waals surface area contributed by atoms with Gasteiger partial charge in [-0.05, 0) is 93.1 Å². The fourth-order valence-electron chi connectivity index (χ4n) is 7.20. The van der Waals surface area contributed by atoms with Crippen LogP contribution in [0.2, 0.25) is 0 Å². The van der Waals surface area contributed by atoms with Crippen LogP contribution in [-0.2, 0) is 28.6 Å². The third kappa shape index (κ3) is 12.0. The molecule has 18 nitrogen and oxygen atoms in total. The number of unbranched alkanes of at least 4 members (excludes halogenated alkanes) is 2. The molecule has 0 spiro atoms. The highest BCUT2D eigenvalue weighted by atomic mass is 32.2. The van der Waals surface area contributed by atoms with Crippen LogP contribution in [0.25, 0.3) is 11.4 Å². The third-order valence-electron chi connectivity index (χ3n) is 11.5. The van der Waals surface area contributed by atoms with Crippen molar-refractivity contribution in [3.63, 3.8) is 0 Å². The van der Waals surface area contributed by atoms with Crippen LogP contribution in [0, 0.1) is 48.3 Å². The minimum absolute atomic E-state index is 0.0155. The van der Waals surface area contributed by atoms with Crippen LogP contribution >= 0.6 is 0 Å². The molecule has 5 rings (SSSR count). The lowest BCUT2D eigenvalue weighted by molar-refractivity contribution is 0.238. The van der Waals surface area contributed by atoms with Gasteiger partial charge in [0.2, 0.25) is 11.8 Å². The van der Waals surface area contributed by atoms with Crippen LogP contribution < -0.4 is 11.1 Å². The Balaban J connectivity index is 1.52. The van der Waals surface area contributed by atoms with E-state index in [9.17, 15) is 47.2 Å². The molecular formula is C48H54N8O10S2. The molecule has 0 fully saturated rings. The first kappa shape index (κ1) is 52.1. The molecule has 68 heavy (non-hydrogen) atoms. The van der Waals surface area contributed by atoms with Gasteiger partial charge in [0.05, 0.1) is 45.8 Å². The number of azo groups is 2. The highest BCUT2D eigenvalue weighted by molar-refractivity contribution is 7.87. The topological polar surface area (TPSA) is 268 Å². The molecule has 0 aliphatic carbocycles. The summed E-state index contributed by atoms with van der Waals surface area (Å²) >= 11 is 0. The molecule has 2 aromatic heterocycles. The van der Waals surface area contributed by atoms with Crippen LogP contribution in [-0.4, -0.2) is 49.4 Å². The SMILES string of the molecule is CCCCC(CC)COS(=O)(=O)c1cccc(/N=N/c2c(C)c(C#N)c(=O)n(-c3cccc(-n4c(O)c(/N=N/c5cccc(S(=O)(=O)OCC(CC)CCCC)c5)c(C)c(C#N)c4=O)c3)c2O)c1. The summed E-state index contributed by atoms with van der Waals surface area (Å²) in [5.41, 5.74) is -3.65. The lowest BCUT2D eigenvalue weighted by Crippen LogP contribution is -2.24. The number of pyridine rings is 2. The quantitative estimate of drug-likeness (QED) is 0.0484. The Morgan fingerprint density at radius 3 is 1.34 bits per heavy atom. The van der Waals surface area contributed by atoms with Gasteiger partial charge in [-0.15, -0.1) is 10.2 Å². The Bertz CT molecular complexity index is 2940. The summed E-state index contributed by atoms with van der Waals surface area (Å²) in [6.07, 6.45) is 6.96. The Kier molecular flexibility index (Phi) is 17.8. The Morgan fingerprint density at radius 1 is 0.603 bits per heavy atom. The average molecular weight is 967 g/mol. The molecule has 0 aliphatic rings. The monoisotopic (exact) mass is 966 g/mol. The van der Waals surface area contributed by atoms with Gasteiger partial charge in [-0.3, -0.25) is 18.0 Å². The lowest BCUT2D eigenvalue weighted by Gasteiger charge is -2.16. The van der Waals surface area contributed by atoms with Gasteiger partial charge in [0.1, 0.15) is 23.3 Å². The van der Waals surface area contributed by atoms with E-state index in [1.807, 2.05) is 26.0 Å². The van der Waals surface area contributed by atoms with Crippen molar-refractivity contribution in [1.82, 2.24) is 9.13 Å². The summed E-state index contributed by atoms with van der Waals surface area (Å²) in [7, 11) is -8.36. The molecule has 2 heterocycles. The van der Waals surface area contributed by atoms with E-state index in [0.29, 0.717) is 0 Å². The molecular weight excluding hydrogens is 913 g/mol. The Hall–Kier alpha value is -6.84. The molecule has 0 aliphatic heterocycles. The molecule has 2 N–H and O–H groups in total. The summed E-state index contributed by atoms with van der Waals surface area (Å²) < 4.78 is 64.8.